The molecule has 6 aromatic rings. The van der Waals surface area contributed by atoms with Crippen LogP contribution in [-0.2, 0) is 26.5 Å². The van der Waals surface area contributed by atoms with Gasteiger partial charge in [-0.15, -0.1) is 58.5 Å². The molecule has 0 radical (unpaired) electrons. The van der Waals surface area contributed by atoms with Crippen LogP contribution in [0, 0.1) is 12.1 Å². The molecule has 42 heavy (non-hydrogen) atoms. The standard InChI is InChI=1S/C36H25BN2O2.Pt/c1-36(2,3)25-16-18-38-29(21-25)23-11-13-30-27(19-23)37-28-20-24(35-26-8-5-4-7-22(26)15-17-39-35)12-14-31(28)41-33-10-6-9-32(40-30)34(33)37;/h4-18,21H,1-3H3;/q-2;+2. The largest absolute Gasteiger partial charge is 2.00 e. The molecule has 2 aromatic heterocycles. The minimum Gasteiger partial charge on any atom is -0.503 e. The van der Waals surface area contributed by atoms with E-state index in [0.717, 1.165) is 72.7 Å². The fourth-order valence-electron chi connectivity index (χ4n) is 5.92. The number of aromatic nitrogens is 2. The first kappa shape index (κ1) is 26.7. The molecule has 0 spiro atoms. The number of benzene rings is 4. The summed E-state index contributed by atoms with van der Waals surface area (Å²) >= 11 is 0. The second-order valence-electron chi connectivity index (χ2n) is 11.7. The first-order valence-corrected chi connectivity index (χ1v) is 13.9. The number of fused-ring (bicyclic) bond motifs is 5. The maximum Gasteiger partial charge on any atom is 2.00 e. The minimum atomic E-state index is -0.158. The van der Waals surface area contributed by atoms with E-state index in [0.29, 0.717) is 0 Å². The van der Waals surface area contributed by atoms with Gasteiger partial charge in [-0.3, -0.25) is 0 Å². The van der Waals surface area contributed by atoms with Crippen molar-refractivity contribution in [1.29, 1.82) is 0 Å². The predicted molar refractivity (Wildman–Crippen MR) is 164 cm³/mol. The molecule has 6 heteroatoms. The fourth-order valence-corrected chi connectivity index (χ4v) is 5.92. The van der Waals surface area contributed by atoms with Gasteiger partial charge in [0.2, 0.25) is 6.71 Å². The van der Waals surface area contributed by atoms with Crippen LogP contribution in [0.1, 0.15) is 26.3 Å². The zero-order valence-electron chi connectivity index (χ0n) is 23.3. The third-order valence-electron chi connectivity index (χ3n) is 8.03. The molecule has 0 unspecified atom stereocenters. The zero-order valence-corrected chi connectivity index (χ0v) is 25.6. The molecule has 8 rings (SSSR count). The van der Waals surface area contributed by atoms with Crippen LogP contribution in [0.2, 0.25) is 0 Å². The maximum absolute atomic E-state index is 6.43. The van der Waals surface area contributed by atoms with Crippen LogP contribution in [-0.4, -0.2) is 16.7 Å². The van der Waals surface area contributed by atoms with E-state index in [-0.39, 0.29) is 33.2 Å². The van der Waals surface area contributed by atoms with Crippen molar-refractivity contribution in [2.75, 3.05) is 0 Å². The van der Waals surface area contributed by atoms with Crippen LogP contribution in [0.5, 0.6) is 23.0 Å². The molecule has 2 aliphatic rings. The summed E-state index contributed by atoms with van der Waals surface area (Å²) in [6.45, 7) is 6.49. The monoisotopic (exact) mass is 723 g/mol. The van der Waals surface area contributed by atoms with Gasteiger partial charge in [-0.1, -0.05) is 57.2 Å². The molecular formula is C36H25BN2O2Pt. The summed E-state index contributed by atoms with van der Waals surface area (Å²) in [5.74, 6) is 3.15. The Kier molecular flexibility index (Phi) is 6.33. The Hall–Kier alpha value is -4.21. The Labute approximate surface area is 260 Å². The van der Waals surface area contributed by atoms with Gasteiger partial charge >= 0.3 is 21.1 Å². The Morgan fingerprint density at radius 1 is 0.667 bits per heavy atom. The van der Waals surface area contributed by atoms with E-state index in [9.17, 15) is 0 Å². The predicted octanol–water partition coefficient (Wildman–Crippen LogP) is 6.59. The molecule has 4 heterocycles. The van der Waals surface area contributed by atoms with Crippen LogP contribution in [0.15, 0.2) is 97.3 Å². The number of rotatable bonds is 2. The smallest absolute Gasteiger partial charge is 0.503 e. The molecule has 0 N–H and O–H groups in total. The second kappa shape index (κ2) is 9.96. The Morgan fingerprint density at radius 2 is 1.33 bits per heavy atom. The summed E-state index contributed by atoms with van der Waals surface area (Å²) < 4.78 is 12.9. The van der Waals surface area contributed by atoms with E-state index < -0.39 is 0 Å². The second-order valence-corrected chi connectivity index (χ2v) is 11.7. The van der Waals surface area contributed by atoms with Gasteiger partial charge in [-0.05, 0) is 57.4 Å². The molecule has 0 atom stereocenters. The van der Waals surface area contributed by atoms with E-state index in [4.69, 9.17) is 19.4 Å². The van der Waals surface area contributed by atoms with E-state index >= 15 is 0 Å². The van der Waals surface area contributed by atoms with Crippen molar-refractivity contribution in [3.63, 3.8) is 0 Å². The van der Waals surface area contributed by atoms with Gasteiger partial charge in [-0.2, -0.15) is 0 Å². The summed E-state index contributed by atoms with van der Waals surface area (Å²) in [5.41, 5.74) is 7.80. The van der Waals surface area contributed by atoms with Gasteiger partial charge in [0.15, 0.2) is 0 Å². The number of nitrogens with zero attached hydrogens (tertiary/aromatic N) is 2. The molecule has 0 aliphatic carbocycles. The Bertz CT molecular complexity index is 2000. The molecule has 0 bridgehead atoms. The van der Waals surface area contributed by atoms with Crippen LogP contribution < -0.4 is 25.9 Å². The first-order chi connectivity index (χ1) is 19.9. The number of hydrogen-bond acceptors (Lipinski definition) is 4. The number of ether oxygens (including phenoxy) is 2. The van der Waals surface area contributed by atoms with Crippen molar-refractivity contribution >= 4 is 33.9 Å². The molecule has 204 valence electrons. The molecule has 0 fully saturated rings. The van der Waals surface area contributed by atoms with Gasteiger partial charge in [-0.25, -0.2) is 0 Å². The Morgan fingerprint density at radius 3 is 2.07 bits per heavy atom. The average molecular weight is 723 g/mol. The maximum atomic E-state index is 6.43. The topological polar surface area (TPSA) is 44.2 Å². The first-order valence-electron chi connectivity index (χ1n) is 13.9. The third-order valence-corrected chi connectivity index (χ3v) is 8.03. The summed E-state index contributed by atoms with van der Waals surface area (Å²) in [4.78, 5) is 9.48. The molecule has 4 aromatic carbocycles. The normalized spacial score (nSPS) is 12.8. The van der Waals surface area contributed by atoms with E-state index in [1.165, 1.54) is 5.56 Å². The number of pyridine rings is 2. The minimum absolute atomic E-state index is 0. The van der Waals surface area contributed by atoms with Crippen molar-refractivity contribution in [2.45, 2.75) is 26.2 Å². The zero-order chi connectivity index (χ0) is 27.7. The van der Waals surface area contributed by atoms with Crippen molar-refractivity contribution in [3.8, 4) is 45.5 Å². The molecular weight excluding hydrogens is 698 g/mol. The van der Waals surface area contributed by atoms with E-state index in [2.05, 4.69) is 57.2 Å². The average Bonchev–Trinajstić information content (AvgIpc) is 3.00. The van der Waals surface area contributed by atoms with Crippen LogP contribution in [0.3, 0.4) is 0 Å². The summed E-state index contributed by atoms with van der Waals surface area (Å²) in [7, 11) is 0. The molecule has 0 amide bonds. The quantitative estimate of drug-likeness (QED) is 0.149. The van der Waals surface area contributed by atoms with Crippen molar-refractivity contribution in [1.82, 2.24) is 9.97 Å². The summed E-state index contributed by atoms with van der Waals surface area (Å²) in [6, 6.07) is 36.2. The third kappa shape index (κ3) is 4.27. The van der Waals surface area contributed by atoms with Gasteiger partial charge in [0.05, 0.1) is 0 Å². The number of hydrogen-bond donors (Lipinski definition) is 0. The van der Waals surface area contributed by atoms with Crippen molar-refractivity contribution < 1.29 is 30.5 Å². The summed E-state index contributed by atoms with van der Waals surface area (Å²) in [5, 5.41) is 2.24. The van der Waals surface area contributed by atoms with Gasteiger partial charge in [0, 0.05) is 29.4 Å². The van der Waals surface area contributed by atoms with Crippen LogP contribution in [0.4, 0.5) is 0 Å². The van der Waals surface area contributed by atoms with Crippen LogP contribution in [0.25, 0.3) is 33.3 Å². The fraction of sp³-hybridized carbons (Fsp3) is 0.111. The molecule has 0 saturated heterocycles. The summed E-state index contributed by atoms with van der Waals surface area (Å²) in [6.07, 6.45) is 3.74. The van der Waals surface area contributed by atoms with E-state index in [1.54, 1.807) is 0 Å². The molecule has 0 saturated carbocycles. The van der Waals surface area contributed by atoms with E-state index in [1.807, 2.05) is 73.1 Å². The Balaban J connectivity index is 0.00000288. The molecule has 4 nitrogen and oxygen atoms in total. The van der Waals surface area contributed by atoms with Crippen molar-refractivity contribution in [2.24, 2.45) is 0 Å². The van der Waals surface area contributed by atoms with Gasteiger partial charge in [0.1, 0.15) is 11.5 Å². The van der Waals surface area contributed by atoms with Crippen molar-refractivity contribution in [3.05, 3.63) is 115 Å². The van der Waals surface area contributed by atoms with Gasteiger partial charge in [0.25, 0.3) is 0 Å². The SMILES string of the molecule is CC(C)(C)c1ccnc(-c2[c-]c3c(cc2)Oc2cccc4c2B3c2[c-]c(-c3nccc5ccccc35)ccc2O4)c1.[Pt+2]. The molecule has 2 aliphatic heterocycles. The van der Waals surface area contributed by atoms with Gasteiger partial charge < -0.3 is 19.4 Å². The van der Waals surface area contributed by atoms with Crippen LogP contribution >= 0.6 is 0 Å².